The molecule has 1 aromatic carbocycles. The summed E-state index contributed by atoms with van der Waals surface area (Å²) in [5.41, 5.74) is 5.58. The van der Waals surface area contributed by atoms with Gasteiger partial charge in [0.25, 0.3) is 5.91 Å². The molecule has 1 amide bonds. The van der Waals surface area contributed by atoms with Gasteiger partial charge in [-0.2, -0.15) is 0 Å². The highest BCUT2D eigenvalue weighted by atomic mass is 35.5. The molecule has 1 saturated heterocycles. The molecule has 0 bridgehead atoms. The zero-order chi connectivity index (χ0) is 13.3. The number of nitrogens with zero attached hydrogens (tertiary/aromatic N) is 1. The molecule has 1 aliphatic heterocycles. The number of rotatable bonds is 2. The maximum Gasteiger partial charge on any atom is 0.258 e. The monoisotopic (exact) mass is 306 g/mol. The fourth-order valence-corrected chi connectivity index (χ4v) is 2.69. The van der Waals surface area contributed by atoms with Crippen LogP contribution in [-0.2, 0) is 0 Å². The molecule has 3 nitrogen and oxygen atoms in total. The van der Waals surface area contributed by atoms with Gasteiger partial charge in [0.05, 0.1) is 10.6 Å². The highest BCUT2D eigenvalue weighted by Crippen LogP contribution is 2.27. The maximum absolute atomic E-state index is 13.7. The SMILES string of the molecule is CC1CC(CN)CN1C(=O)c1c(F)cccc1Cl.Cl. The van der Waals surface area contributed by atoms with Crippen LogP contribution in [0.25, 0.3) is 0 Å². The van der Waals surface area contributed by atoms with E-state index >= 15 is 0 Å². The van der Waals surface area contributed by atoms with E-state index < -0.39 is 5.82 Å². The molecule has 1 fully saturated rings. The Bertz CT molecular complexity index is 450. The van der Waals surface area contributed by atoms with E-state index in [9.17, 15) is 9.18 Å². The van der Waals surface area contributed by atoms with Crippen molar-refractivity contribution in [3.05, 3.63) is 34.6 Å². The van der Waals surface area contributed by atoms with Gasteiger partial charge >= 0.3 is 0 Å². The van der Waals surface area contributed by atoms with E-state index in [0.717, 1.165) is 6.42 Å². The second kappa shape index (κ2) is 6.55. The molecule has 1 heterocycles. The van der Waals surface area contributed by atoms with E-state index in [1.807, 2.05) is 6.92 Å². The Morgan fingerprint density at radius 1 is 1.58 bits per heavy atom. The summed E-state index contributed by atoms with van der Waals surface area (Å²) < 4.78 is 13.7. The van der Waals surface area contributed by atoms with Crippen molar-refractivity contribution in [1.29, 1.82) is 0 Å². The molecule has 1 aromatic rings. The minimum absolute atomic E-state index is 0. The van der Waals surface area contributed by atoms with Crippen molar-refractivity contribution in [2.45, 2.75) is 19.4 Å². The average molecular weight is 307 g/mol. The van der Waals surface area contributed by atoms with Crippen molar-refractivity contribution in [3.63, 3.8) is 0 Å². The van der Waals surface area contributed by atoms with Crippen LogP contribution in [0.1, 0.15) is 23.7 Å². The number of carbonyl (C=O) groups is 1. The minimum atomic E-state index is -0.573. The van der Waals surface area contributed by atoms with Crippen LogP contribution in [0.2, 0.25) is 5.02 Å². The lowest BCUT2D eigenvalue weighted by Crippen LogP contribution is -2.35. The van der Waals surface area contributed by atoms with E-state index in [1.54, 1.807) is 4.90 Å². The van der Waals surface area contributed by atoms with Crippen LogP contribution in [0.3, 0.4) is 0 Å². The van der Waals surface area contributed by atoms with Gasteiger partial charge in [0.1, 0.15) is 5.82 Å². The standard InChI is InChI=1S/C13H16ClFN2O.ClH/c1-8-5-9(6-16)7-17(8)13(18)12-10(14)3-2-4-11(12)15;/h2-4,8-9H,5-7,16H2,1H3;1H. The fraction of sp³-hybridized carbons (Fsp3) is 0.462. The van der Waals surface area contributed by atoms with Gasteiger partial charge in [0, 0.05) is 12.6 Å². The molecule has 6 heteroatoms. The highest BCUT2D eigenvalue weighted by Gasteiger charge is 2.33. The predicted molar refractivity (Wildman–Crippen MR) is 76.3 cm³/mol. The number of likely N-dealkylation sites (tertiary alicyclic amines) is 1. The quantitative estimate of drug-likeness (QED) is 0.913. The molecule has 2 unspecified atom stereocenters. The molecule has 0 spiro atoms. The lowest BCUT2D eigenvalue weighted by molar-refractivity contribution is 0.0739. The molecule has 19 heavy (non-hydrogen) atoms. The lowest BCUT2D eigenvalue weighted by atomic mass is 10.1. The summed E-state index contributed by atoms with van der Waals surface area (Å²) >= 11 is 5.91. The van der Waals surface area contributed by atoms with E-state index in [-0.39, 0.29) is 40.9 Å². The van der Waals surface area contributed by atoms with Crippen LogP contribution in [0.4, 0.5) is 4.39 Å². The van der Waals surface area contributed by atoms with Crippen LogP contribution >= 0.6 is 24.0 Å². The van der Waals surface area contributed by atoms with E-state index in [2.05, 4.69) is 0 Å². The normalized spacial score (nSPS) is 22.2. The summed E-state index contributed by atoms with van der Waals surface area (Å²) in [4.78, 5) is 14.0. The molecule has 1 aliphatic rings. The van der Waals surface area contributed by atoms with Crippen molar-refractivity contribution >= 4 is 29.9 Å². The number of carbonyl (C=O) groups excluding carboxylic acids is 1. The van der Waals surface area contributed by atoms with Crippen LogP contribution in [0, 0.1) is 11.7 Å². The Kier molecular flexibility index (Phi) is 5.59. The maximum atomic E-state index is 13.7. The molecule has 2 rings (SSSR count). The molecule has 106 valence electrons. The Labute approximate surface area is 123 Å². The smallest absolute Gasteiger partial charge is 0.258 e. The topological polar surface area (TPSA) is 46.3 Å². The van der Waals surface area contributed by atoms with Crippen LogP contribution < -0.4 is 5.73 Å². The number of hydrogen-bond donors (Lipinski definition) is 1. The van der Waals surface area contributed by atoms with Gasteiger partial charge in [-0.15, -0.1) is 12.4 Å². The van der Waals surface area contributed by atoms with E-state index in [0.29, 0.717) is 13.1 Å². The fourth-order valence-electron chi connectivity index (χ4n) is 2.44. The molecule has 0 aliphatic carbocycles. The first-order chi connectivity index (χ1) is 8.54. The number of hydrogen-bond acceptors (Lipinski definition) is 2. The lowest BCUT2D eigenvalue weighted by Gasteiger charge is -2.22. The second-order valence-corrected chi connectivity index (χ2v) is 5.15. The molecular formula is C13H17Cl2FN2O. The summed E-state index contributed by atoms with van der Waals surface area (Å²) in [5, 5.41) is 0.156. The van der Waals surface area contributed by atoms with Crippen molar-refractivity contribution < 1.29 is 9.18 Å². The first-order valence-corrected chi connectivity index (χ1v) is 6.37. The van der Waals surface area contributed by atoms with Gasteiger partial charge in [0.15, 0.2) is 0 Å². The highest BCUT2D eigenvalue weighted by molar-refractivity contribution is 6.33. The van der Waals surface area contributed by atoms with Crippen LogP contribution in [0.5, 0.6) is 0 Å². The van der Waals surface area contributed by atoms with Gasteiger partial charge in [-0.3, -0.25) is 4.79 Å². The summed E-state index contributed by atoms with van der Waals surface area (Å²) in [7, 11) is 0. The third kappa shape index (κ3) is 3.19. The average Bonchev–Trinajstić information content (AvgIpc) is 2.70. The van der Waals surface area contributed by atoms with Gasteiger partial charge < -0.3 is 10.6 Å². The minimum Gasteiger partial charge on any atom is -0.335 e. The molecule has 2 atom stereocenters. The third-order valence-electron chi connectivity index (χ3n) is 3.43. The first-order valence-electron chi connectivity index (χ1n) is 5.99. The number of benzene rings is 1. The number of nitrogens with two attached hydrogens (primary N) is 1. The van der Waals surface area contributed by atoms with Crippen molar-refractivity contribution in [2.75, 3.05) is 13.1 Å². The number of amides is 1. The Morgan fingerprint density at radius 3 is 2.79 bits per heavy atom. The van der Waals surface area contributed by atoms with Crippen molar-refractivity contribution in [2.24, 2.45) is 11.7 Å². The van der Waals surface area contributed by atoms with Crippen LogP contribution in [0.15, 0.2) is 18.2 Å². The van der Waals surface area contributed by atoms with E-state index in [1.165, 1.54) is 18.2 Å². The van der Waals surface area contributed by atoms with Gasteiger partial charge in [-0.25, -0.2) is 4.39 Å². The summed E-state index contributed by atoms with van der Waals surface area (Å²) in [6.07, 6.45) is 0.855. The third-order valence-corrected chi connectivity index (χ3v) is 3.75. The van der Waals surface area contributed by atoms with Crippen molar-refractivity contribution in [1.82, 2.24) is 4.90 Å². The Morgan fingerprint density at radius 2 is 2.26 bits per heavy atom. The Balaban J connectivity index is 0.00000180. The van der Waals surface area contributed by atoms with Gasteiger partial charge in [-0.05, 0) is 37.9 Å². The molecular weight excluding hydrogens is 290 g/mol. The largest absolute Gasteiger partial charge is 0.335 e. The summed E-state index contributed by atoms with van der Waals surface area (Å²) in [5.74, 6) is -0.632. The van der Waals surface area contributed by atoms with Gasteiger partial charge in [-0.1, -0.05) is 17.7 Å². The second-order valence-electron chi connectivity index (χ2n) is 4.74. The van der Waals surface area contributed by atoms with Crippen LogP contribution in [-0.4, -0.2) is 29.9 Å². The van der Waals surface area contributed by atoms with Crippen molar-refractivity contribution in [3.8, 4) is 0 Å². The summed E-state index contributed by atoms with van der Waals surface area (Å²) in [6, 6.07) is 4.34. The van der Waals surface area contributed by atoms with Gasteiger partial charge in [0.2, 0.25) is 0 Å². The Hall–Kier alpha value is -0.840. The molecule has 2 N–H and O–H groups in total. The molecule has 0 aromatic heterocycles. The zero-order valence-corrected chi connectivity index (χ0v) is 12.2. The first kappa shape index (κ1) is 16.2. The van der Waals surface area contributed by atoms with E-state index in [4.69, 9.17) is 17.3 Å². The zero-order valence-electron chi connectivity index (χ0n) is 10.6. The molecule has 0 saturated carbocycles. The molecule has 0 radical (unpaired) electrons. The predicted octanol–water partition coefficient (Wildman–Crippen LogP) is 2.71. The number of halogens is 3. The summed E-state index contributed by atoms with van der Waals surface area (Å²) in [6.45, 7) is 3.06.